The number of esters is 3. The van der Waals surface area contributed by atoms with E-state index in [0.717, 1.165) is 193 Å². The molecule has 0 aliphatic heterocycles. The predicted molar refractivity (Wildman–Crippen MR) is 338 cm³/mol. The molecule has 1 atom stereocenters. The summed E-state index contributed by atoms with van der Waals surface area (Å²) in [5.74, 6) is -0.970. The third-order valence-electron chi connectivity index (χ3n) is 12.4. The van der Waals surface area contributed by atoms with Gasteiger partial charge in [0.15, 0.2) is 6.10 Å². The summed E-state index contributed by atoms with van der Waals surface area (Å²) in [5, 5.41) is 0. The number of carbonyl (C=O) groups is 3. The zero-order valence-corrected chi connectivity index (χ0v) is 49.9. The number of allylic oxidation sites excluding steroid dienone is 28. The average Bonchev–Trinajstić information content (AvgIpc) is 3.44. The number of rotatable bonds is 54. The summed E-state index contributed by atoms with van der Waals surface area (Å²) >= 11 is 0. The number of carbonyl (C=O) groups excluding carboxylic acids is 3. The van der Waals surface area contributed by atoms with Crippen LogP contribution in [-0.2, 0) is 28.6 Å². The van der Waals surface area contributed by atoms with E-state index in [1.54, 1.807) is 0 Å². The molecule has 6 nitrogen and oxygen atoms in total. The highest BCUT2D eigenvalue weighted by atomic mass is 16.6. The molecule has 1 unspecified atom stereocenters. The van der Waals surface area contributed by atoms with Gasteiger partial charge in [0.1, 0.15) is 13.2 Å². The van der Waals surface area contributed by atoms with Gasteiger partial charge in [-0.25, -0.2) is 0 Å². The maximum atomic E-state index is 12.9. The maximum absolute atomic E-state index is 12.9. The first-order valence-electron chi connectivity index (χ1n) is 31.1. The van der Waals surface area contributed by atoms with Gasteiger partial charge >= 0.3 is 17.9 Å². The van der Waals surface area contributed by atoms with E-state index in [1.165, 1.54) is 12.8 Å². The first-order valence-corrected chi connectivity index (χ1v) is 31.1. The normalized spacial score (nSPS) is 13.3. The van der Waals surface area contributed by atoms with Crippen molar-refractivity contribution in [3.8, 4) is 0 Å². The van der Waals surface area contributed by atoms with E-state index in [4.69, 9.17) is 14.2 Å². The predicted octanol–water partition coefficient (Wildman–Crippen LogP) is 21.5. The van der Waals surface area contributed by atoms with Gasteiger partial charge in [0.05, 0.1) is 0 Å². The van der Waals surface area contributed by atoms with Crippen molar-refractivity contribution in [2.75, 3.05) is 13.2 Å². The second-order valence-corrected chi connectivity index (χ2v) is 19.8. The summed E-state index contributed by atoms with van der Waals surface area (Å²) in [6.07, 6.45) is 95.0. The van der Waals surface area contributed by atoms with Crippen LogP contribution in [0, 0.1) is 0 Å². The van der Waals surface area contributed by atoms with Crippen LogP contribution in [0.3, 0.4) is 0 Å². The van der Waals surface area contributed by atoms with Crippen molar-refractivity contribution in [3.63, 3.8) is 0 Å². The van der Waals surface area contributed by atoms with E-state index in [-0.39, 0.29) is 31.1 Å². The number of hydrogen-bond acceptors (Lipinski definition) is 6. The smallest absolute Gasteiger partial charge is 0.306 e. The monoisotopic (exact) mass is 1070 g/mol. The largest absolute Gasteiger partial charge is 0.462 e. The standard InChI is InChI=1S/C72H112O6/c1-4-7-10-13-16-19-22-24-26-28-30-32-33-34-35-36-37-38-39-41-42-44-46-48-50-53-56-59-62-65-71(74)77-68-69(67-76-70(73)64-61-58-55-52-21-18-15-12-9-6-3)78-72(75)66-63-60-57-54-51-49-47-45-43-40-31-29-27-25-23-20-17-14-11-8-5-2/h7-8,10-12,15-17,19-20,24-27,30-32,34-35,37-38,40-42,45-48,69H,4-6,9,13-14,18,21-23,28-29,33,36,39,43-44,49-68H2,1-3H3/b10-7-,11-8-,15-12-,19-16-,20-17-,26-24-,27-25-,32-30-,35-34-,38-37-,40-31-,42-41-,47-45-,48-46-. The molecule has 0 fully saturated rings. The molecule has 78 heavy (non-hydrogen) atoms. The molecule has 0 heterocycles. The van der Waals surface area contributed by atoms with Gasteiger partial charge in [0, 0.05) is 19.3 Å². The number of ether oxygens (including phenoxy) is 3. The Hall–Kier alpha value is -5.23. The fourth-order valence-electron chi connectivity index (χ4n) is 7.84. The molecule has 0 amide bonds. The molecule has 0 saturated heterocycles. The Morgan fingerprint density at radius 3 is 0.795 bits per heavy atom. The molecule has 0 N–H and O–H groups in total. The fraction of sp³-hybridized carbons (Fsp3) is 0.569. The average molecular weight is 1070 g/mol. The molecule has 0 aromatic heterocycles. The molecular formula is C72H112O6. The lowest BCUT2D eigenvalue weighted by molar-refractivity contribution is -0.167. The van der Waals surface area contributed by atoms with E-state index in [0.29, 0.717) is 19.3 Å². The Morgan fingerprint density at radius 2 is 0.500 bits per heavy atom. The summed E-state index contributed by atoms with van der Waals surface area (Å²) < 4.78 is 16.8. The van der Waals surface area contributed by atoms with Crippen LogP contribution < -0.4 is 0 Å². The van der Waals surface area contributed by atoms with Gasteiger partial charge < -0.3 is 14.2 Å². The zero-order chi connectivity index (χ0) is 56.4. The molecule has 0 aromatic carbocycles. The van der Waals surface area contributed by atoms with E-state index < -0.39 is 6.10 Å². The molecule has 0 spiro atoms. The topological polar surface area (TPSA) is 78.9 Å². The van der Waals surface area contributed by atoms with Crippen LogP contribution in [0.25, 0.3) is 0 Å². The van der Waals surface area contributed by atoms with Crippen LogP contribution in [0.2, 0.25) is 0 Å². The van der Waals surface area contributed by atoms with E-state index in [9.17, 15) is 14.4 Å². The second kappa shape index (κ2) is 64.3. The lowest BCUT2D eigenvalue weighted by Crippen LogP contribution is -2.30. The quantitative estimate of drug-likeness (QED) is 0.0261. The Balaban J connectivity index is 4.40. The minimum atomic E-state index is -0.812. The molecule has 0 aliphatic rings. The highest BCUT2D eigenvalue weighted by Crippen LogP contribution is 2.13. The summed E-state index contributed by atoms with van der Waals surface area (Å²) in [6.45, 7) is 6.29. The van der Waals surface area contributed by atoms with Crippen LogP contribution in [0.1, 0.15) is 245 Å². The minimum Gasteiger partial charge on any atom is -0.462 e. The van der Waals surface area contributed by atoms with Crippen molar-refractivity contribution in [2.24, 2.45) is 0 Å². The van der Waals surface area contributed by atoms with Gasteiger partial charge in [-0.15, -0.1) is 0 Å². The zero-order valence-electron chi connectivity index (χ0n) is 49.9. The maximum Gasteiger partial charge on any atom is 0.306 e. The van der Waals surface area contributed by atoms with Gasteiger partial charge in [0.2, 0.25) is 0 Å². The molecule has 6 heteroatoms. The first kappa shape index (κ1) is 72.8. The second-order valence-electron chi connectivity index (χ2n) is 19.8. The van der Waals surface area contributed by atoms with Crippen molar-refractivity contribution < 1.29 is 28.6 Å². The Bertz CT molecular complexity index is 1810. The summed E-state index contributed by atoms with van der Waals surface area (Å²) in [6, 6.07) is 0. The Morgan fingerprint density at radius 1 is 0.269 bits per heavy atom. The van der Waals surface area contributed by atoms with Crippen molar-refractivity contribution in [2.45, 2.75) is 252 Å². The van der Waals surface area contributed by atoms with E-state index >= 15 is 0 Å². The molecular weight excluding hydrogens is 961 g/mol. The fourth-order valence-corrected chi connectivity index (χ4v) is 7.84. The molecule has 0 bridgehead atoms. The van der Waals surface area contributed by atoms with E-state index in [1.807, 2.05) is 0 Å². The van der Waals surface area contributed by atoms with Crippen molar-refractivity contribution in [3.05, 3.63) is 170 Å². The lowest BCUT2D eigenvalue weighted by Gasteiger charge is -2.18. The van der Waals surface area contributed by atoms with Gasteiger partial charge in [-0.1, -0.05) is 249 Å². The minimum absolute atomic E-state index is 0.107. The van der Waals surface area contributed by atoms with Gasteiger partial charge in [0.25, 0.3) is 0 Å². The lowest BCUT2D eigenvalue weighted by atomic mass is 10.1. The van der Waals surface area contributed by atoms with Gasteiger partial charge in [-0.3, -0.25) is 14.4 Å². The summed E-state index contributed by atoms with van der Waals surface area (Å²) in [4.78, 5) is 38.2. The number of unbranched alkanes of at least 4 members (excludes halogenated alkanes) is 15. The molecule has 0 aromatic rings. The molecule has 0 radical (unpaired) electrons. The Kier molecular flexibility index (Phi) is 60.0. The summed E-state index contributed by atoms with van der Waals surface area (Å²) in [7, 11) is 0. The van der Waals surface area contributed by atoms with Crippen molar-refractivity contribution in [1.82, 2.24) is 0 Å². The molecule has 0 rings (SSSR count). The molecule has 436 valence electrons. The van der Waals surface area contributed by atoms with Crippen LogP contribution in [-0.4, -0.2) is 37.2 Å². The van der Waals surface area contributed by atoms with Crippen LogP contribution >= 0.6 is 0 Å². The van der Waals surface area contributed by atoms with E-state index in [2.05, 4.69) is 191 Å². The highest BCUT2D eigenvalue weighted by molar-refractivity contribution is 5.71. The molecule has 0 aliphatic carbocycles. The Labute approximate surface area is 479 Å². The first-order chi connectivity index (χ1) is 38.5. The summed E-state index contributed by atoms with van der Waals surface area (Å²) in [5.41, 5.74) is 0. The third kappa shape index (κ3) is 61.6. The SMILES string of the molecule is CC/C=C\C/C=C\C/C=C\C/C=C\C/C=C\C/C=C\C/C=C\C/C=C\CCCCCCC(=O)OCC(COC(=O)CCCCCCC/C=C\CCC)OC(=O)CCCCCCC/C=C\C/C=C\C/C=C\C/C=C\C/C=C\CC. The third-order valence-corrected chi connectivity index (χ3v) is 12.4. The van der Waals surface area contributed by atoms with Gasteiger partial charge in [-0.05, 0) is 148 Å². The highest BCUT2D eigenvalue weighted by Gasteiger charge is 2.19. The van der Waals surface area contributed by atoms with Crippen LogP contribution in [0.15, 0.2) is 170 Å². The van der Waals surface area contributed by atoms with Gasteiger partial charge in [-0.2, -0.15) is 0 Å². The van der Waals surface area contributed by atoms with Crippen molar-refractivity contribution >= 4 is 17.9 Å². The van der Waals surface area contributed by atoms with Crippen molar-refractivity contribution in [1.29, 1.82) is 0 Å². The number of hydrogen-bond donors (Lipinski definition) is 0. The molecule has 0 saturated carbocycles. The van der Waals surface area contributed by atoms with Crippen LogP contribution in [0.5, 0.6) is 0 Å². The van der Waals surface area contributed by atoms with Crippen LogP contribution in [0.4, 0.5) is 0 Å².